The molecule has 1 aromatic rings. The molecule has 0 aliphatic carbocycles. The summed E-state index contributed by atoms with van der Waals surface area (Å²) in [5.74, 6) is -0.166. The van der Waals surface area contributed by atoms with Gasteiger partial charge in [0, 0.05) is 14.1 Å². The molecule has 1 rings (SSSR count). The van der Waals surface area contributed by atoms with Crippen LogP contribution in [0.3, 0.4) is 0 Å². The van der Waals surface area contributed by atoms with Crippen LogP contribution in [0.1, 0.15) is 10.5 Å². The highest BCUT2D eigenvalue weighted by molar-refractivity contribution is 5.92. The first-order chi connectivity index (χ1) is 7.54. The van der Waals surface area contributed by atoms with E-state index in [-0.39, 0.29) is 5.69 Å². The fourth-order valence-electron chi connectivity index (χ4n) is 1.07. The molecule has 0 atom stereocenters. The average Bonchev–Trinajstić information content (AvgIpc) is 2.27. The second-order valence-corrected chi connectivity index (χ2v) is 3.12. The highest BCUT2D eigenvalue weighted by Crippen LogP contribution is 2.05. The van der Waals surface area contributed by atoms with Crippen molar-refractivity contribution in [3.05, 3.63) is 18.1 Å². The summed E-state index contributed by atoms with van der Waals surface area (Å²) in [6.07, 6.45) is 0.115. The van der Waals surface area contributed by atoms with Crippen LogP contribution in [-0.2, 0) is 0 Å². The zero-order chi connectivity index (χ0) is 12.1. The Hall–Kier alpha value is -1.79. The summed E-state index contributed by atoms with van der Waals surface area (Å²) in [4.78, 5) is 20.2. The lowest BCUT2D eigenvalue weighted by Gasteiger charge is -2.15. The minimum atomic E-state index is -2.56. The maximum atomic E-state index is 12.1. The van der Waals surface area contributed by atoms with Crippen molar-refractivity contribution < 1.29 is 13.6 Å². The van der Waals surface area contributed by atoms with Gasteiger partial charge < -0.3 is 10.2 Å². The van der Waals surface area contributed by atoms with Gasteiger partial charge in [0.1, 0.15) is 11.5 Å². The lowest BCUT2D eigenvalue weighted by atomic mass is 10.4. The summed E-state index contributed by atoms with van der Waals surface area (Å²) >= 11 is 0. The number of amides is 1. The van der Waals surface area contributed by atoms with Crippen molar-refractivity contribution in [2.24, 2.45) is 0 Å². The quantitative estimate of drug-likeness (QED) is 0.833. The van der Waals surface area contributed by atoms with Crippen molar-refractivity contribution in [2.75, 3.05) is 26.0 Å². The van der Waals surface area contributed by atoms with Crippen molar-refractivity contribution >= 4 is 11.7 Å². The predicted octanol–water partition coefficient (Wildman–Crippen LogP) is 0.855. The van der Waals surface area contributed by atoms with Gasteiger partial charge in [0.25, 0.3) is 12.3 Å². The van der Waals surface area contributed by atoms with Crippen LogP contribution >= 0.6 is 0 Å². The number of carbonyl (C=O) groups is 1. The maximum absolute atomic E-state index is 12.1. The molecule has 0 fully saturated rings. The third-order valence-electron chi connectivity index (χ3n) is 1.87. The number of carbonyl (C=O) groups excluding carboxylic acids is 1. The molecule has 88 valence electrons. The fourth-order valence-corrected chi connectivity index (χ4v) is 1.07. The first-order valence-corrected chi connectivity index (χ1v) is 4.58. The van der Waals surface area contributed by atoms with Crippen LogP contribution in [0, 0.1) is 0 Å². The van der Waals surface area contributed by atoms with E-state index in [1.165, 1.54) is 19.4 Å². The third kappa shape index (κ3) is 3.11. The lowest BCUT2D eigenvalue weighted by molar-refractivity contribution is 0.0615. The standard InChI is InChI=1S/C9H12F2N4O/c1-12-8-4-13-3-6(14-8)9(16)15(2)5-7(10)11/h3-4,7H,5H2,1-2H3,(H,12,14). The van der Waals surface area contributed by atoms with Crippen molar-refractivity contribution in [3.8, 4) is 0 Å². The van der Waals surface area contributed by atoms with Crippen LogP contribution in [0.4, 0.5) is 14.6 Å². The Morgan fingerprint density at radius 3 is 2.81 bits per heavy atom. The summed E-state index contributed by atoms with van der Waals surface area (Å²) in [5.41, 5.74) is 0.0370. The highest BCUT2D eigenvalue weighted by atomic mass is 19.3. The van der Waals surface area contributed by atoms with Crippen LogP contribution in [-0.4, -0.2) is 47.8 Å². The second kappa shape index (κ2) is 5.34. The maximum Gasteiger partial charge on any atom is 0.274 e. The zero-order valence-corrected chi connectivity index (χ0v) is 8.94. The van der Waals surface area contributed by atoms with Gasteiger partial charge in [0.05, 0.1) is 18.9 Å². The van der Waals surface area contributed by atoms with Gasteiger partial charge in [-0.2, -0.15) is 0 Å². The average molecular weight is 230 g/mol. The Kier molecular flexibility index (Phi) is 4.10. The number of aromatic nitrogens is 2. The van der Waals surface area contributed by atoms with Crippen LogP contribution in [0.2, 0.25) is 0 Å². The van der Waals surface area contributed by atoms with E-state index < -0.39 is 18.9 Å². The van der Waals surface area contributed by atoms with E-state index in [4.69, 9.17) is 0 Å². The highest BCUT2D eigenvalue weighted by Gasteiger charge is 2.17. The normalized spacial score (nSPS) is 10.3. The zero-order valence-electron chi connectivity index (χ0n) is 8.94. The Balaban J connectivity index is 2.79. The topological polar surface area (TPSA) is 58.1 Å². The largest absolute Gasteiger partial charge is 0.372 e. The van der Waals surface area contributed by atoms with Gasteiger partial charge in [0.2, 0.25) is 0 Å². The molecule has 5 nitrogen and oxygen atoms in total. The van der Waals surface area contributed by atoms with E-state index in [9.17, 15) is 13.6 Å². The molecule has 0 aliphatic heterocycles. The van der Waals surface area contributed by atoms with Crippen molar-refractivity contribution in [2.45, 2.75) is 6.43 Å². The molecule has 7 heteroatoms. The molecule has 0 radical (unpaired) electrons. The van der Waals surface area contributed by atoms with E-state index >= 15 is 0 Å². The number of rotatable bonds is 4. The molecule has 1 heterocycles. The van der Waals surface area contributed by atoms with Crippen LogP contribution in [0.5, 0.6) is 0 Å². The van der Waals surface area contributed by atoms with Crippen LogP contribution in [0.25, 0.3) is 0 Å². The smallest absolute Gasteiger partial charge is 0.274 e. The molecule has 0 spiro atoms. The number of hydrogen-bond acceptors (Lipinski definition) is 4. The van der Waals surface area contributed by atoms with Gasteiger partial charge in [-0.3, -0.25) is 9.78 Å². The number of nitrogens with one attached hydrogen (secondary N) is 1. The number of anilines is 1. The van der Waals surface area contributed by atoms with Gasteiger partial charge in [-0.25, -0.2) is 13.8 Å². The van der Waals surface area contributed by atoms with E-state index in [0.29, 0.717) is 5.82 Å². The molecule has 0 aromatic carbocycles. The van der Waals surface area contributed by atoms with Crippen LogP contribution in [0.15, 0.2) is 12.4 Å². The van der Waals surface area contributed by atoms with Crippen molar-refractivity contribution in [1.29, 1.82) is 0 Å². The summed E-state index contributed by atoms with van der Waals surface area (Å²) in [6.45, 7) is -0.621. The van der Waals surface area contributed by atoms with E-state index in [2.05, 4.69) is 15.3 Å². The molecular formula is C9H12F2N4O. The SMILES string of the molecule is CNc1cncc(C(=O)N(C)CC(F)F)n1. The molecule has 0 saturated carbocycles. The van der Waals surface area contributed by atoms with Crippen molar-refractivity contribution in [3.63, 3.8) is 0 Å². The molecule has 1 aromatic heterocycles. The van der Waals surface area contributed by atoms with Crippen LogP contribution < -0.4 is 5.32 Å². The Bertz CT molecular complexity index is 372. The Labute approximate surface area is 91.5 Å². The summed E-state index contributed by atoms with van der Waals surface area (Å²) in [6, 6.07) is 0. The van der Waals surface area contributed by atoms with Gasteiger partial charge in [-0.1, -0.05) is 0 Å². The van der Waals surface area contributed by atoms with Crippen molar-refractivity contribution in [1.82, 2.24) is 14.9 Å². The third-order valence-corrected chi connectivity index (χ3v) is 1.87. The number of nitrogens with zero attached hydrogens (tertiary/aromatic N) is 3. The Morgan fingerprint density at radius 1 is 1.56 bits per heavy atom. The molecule has 0 aliphatic rings. The van der Waals surface area contributed by atoms with Gasteiger partial charge >= 0.3 is 0 Å². The molecule has 1 amide bonds. The summed E-state index contributed by atoms with van der Waals surface area (Å²) in [5, 5.41) is 2.71. The fraction of sp³-hybridized carbons (Fsp3) is 0.444. The Morgan fingerprint density at radius 2 is 2.25 bits per heavy atom. The minimum absolute atomic E-state index is 0.0370. The molecule has 0 saturated heterocycles. The molecular weight excluding hydrogens is 218 g/mol. The van der Waals surface area contributed by atoms with E-state index in [1.54, 1.807) is 7.05 Å². The minimum Gasteiger partial charge on any atom is -0.372 e. The van der Waals surface area contributed by atoms with E-state index in [1.807, 2.05) is 0 Å². The van der Waals surface area contributed by atoms with Gasteiger partial charge in [-0.15, -0.1) is 0 Å². The van der Waals surface area contributed by atoms with Gasteiger partial charge in [-0.05, 0) is 0 Å². The second-order valence-electron chi connectivity index (χ2n) is 3.12. The first kappa shape index (κ1) is 12.3. The number of halogens is 2. The monoisotopic (exact) mass is 230 g/mol. The number of alkyl halides is 2. The van der Waals surface area contributed by atoms with Gasteiger partial charge in [0.15, 0.2) is 0 Å². The summed E-state index contributed by atoms with van der Waals surface area (Å²) in [7, 11) is 2.92. The molecule has 16 heavy (non-hydrogen) atoms. The molecule has 1 N–H and O–H groups in total. The predicted molar refractivity (Wildman–Crippen MR) is 54.5 cm³/mol. The lowest BCUT2D eigenvalue weighted by Crippen LogP contribution is -2.32. The summed E-state index contributed by atoms with van der Waals surface area (Å²) < 4.78 is 24.1. The molecule has 0 bridgehead atoms. The first-order valence-electron chi connectivity index (χ1n) is 4.58. The van der Waals surface area contributed by atoms with E-state index in [0.717, 1.165) is 4.90 Å². The number of hydrogen-bond donors (Lipinski definition) is 1. The molecule has 0 unspecified atom stereocenters.